The van der Waals surface area contributed by atoms with Crippen molar-refractivity contribution in [2.75, 3.05) is 5.73 Å². The Balaban J connectivity index is 1.81. The third kappa shape index (κ3) is 2.70. The fourth-order valence-corrected chi connectivity index (χ4v) is 3.21. The minimum absolute atomic E-state index is 0.0317. The molecule has 1 aliphatic heterocycles. The molecule has 0 bridgehead atoms. The summed E-state index contributed by atoms with van der Waals surface area (Å²) in [5.74, 6) is -0.0791. The number of anilines is 1. The first kappa shape index (κ1) is 16.5. The highest BCUT2D eigenvalue weighted by atomic mass is 35.5. The number of nitrogens with zero attached hydrogens (tertiary/aromatic N) is 2. The highest BCUT2D eigenvalue weighted by molar-refractivity contribution is 6.31. The van der Waals surface area contributed by atoms with Crippen LogP contribution in [-0.2, 0) is 11.2 Å². The van der Waals surface area contributed by atoms with Crippen LogP contribution in [0.2, 0.25) is 5.02 Å². The number of aromatic nitrogens is 2. The number of nitrogens with two attached hydrogens (primary N) is 1. The summed E-state index contributed by atoms with van der Waals surface area (Å²) in [4.78, 5) is 20.7. The van der Waals surface area contributed by atoms with Crippen molar-refractivity contribution in [3.05, 3.63) is 63.8 Å². The molecule has 0 spiro atoms. The van der Waals surface area contributed by atoms with Crippen molar-refractivity contribution in [2.24, 2.45) is 0 Å². The number of carbonyl (C=O) groups is 1. The van der Waals surface area contributed by atoms with Gasteiger partial charge in [-0.25, -0.2) is 19.2 Å². The molecule has 2 N–H and O–H groups in total. The molecule has 0 saturated carbocycles. The zero-order valence-corrected chi connectivity index (χ0v) is 14.4. The molecule has 26 heavy (non-hydrogen) atoms. The van der Waals surface area contributed by atoms with Gasteiger partial charge >= 0.3 is 5.97 Å². The molecule has 0 fully saturated rings. The second-order valence-electron chi connectivity index (χ2n) is 5.90. The van der Waals surface area contributed by atoms with Crippen LogP contribution in [0.1, 0.15) is 33.5 Å². The molecule has 0 saturated heterocycles. The summed E-state index contributed by atoms with van der Waals surface area (Å²) in [5.41, 5.74) is 6.78. The van der Waals surface area contributed by atoms with Crippen molar-refractivity contribution in [2.45, 2.75) is 19.4 Å². The van der Waals surface area contributed by atoms with E-state index in [1.807, 2.05) is 0 Å². The summed E-state index contributed by atoms with van der Waals surface area (Å²) in [6, 6.07) is 7.81. The molecule has 0 radical (unpaired) electrons. The molecule has 8 heteroatoms. The van der Waals surface area contributed by atoms with Gasteiger partial charge in [0.1, 0.15) is 34.6 Å². The molecule has 1 aliphatic rings. The number of cyclic esters (lactones) is 1. The standard InChI is InChI=1S/C18H13ClFN3O3/c1-8-5-6-12(25-8)15-14-16(23-18(21)22-15)13(26-17(14)24)7-9-10(19)3-2-4-11(9)20/h2-6,13H,7H2,1H3,(H2,21,22,23). The van der Waals surface area contributed by atoms with Crippen molar-refractivity contribution in [1.82, 2.24) is 9.97 Å². The molecule has 2 aromatic heterocycles. The summed E-state index contributed by atoms with van der Waals surface area (Å²) in [5, 5.41) is 0.249. The SMILES string of the molecule is Cc1ccc(-c2nc(N)nc3c2C(=O)OC3Cc2c(F)cccc2Cl)o1. The van der Waals surface area contributed by atoms with Crippen LogP contribution in [0.3, 0.4) is 0 Å². The molecule has 3 aromatic rings. The van der Waals surface area contributed by atoms with E-state index in [4.69, 9.17) is 26.5 Å². The van der Waals surface area contributed by atoms with Gasteiger partial charge in [-0.05, 0) is 31.2 Å². The molecule has 3 heterocycles. The minimum Gasteiger partial charge on any atom is -0.460 e. The molecule has 0 amide bonds. The Bertz CT molecular complexity index is 1010. The molecular weight excluding hydrogens is 361 g/mol. The van der Waals surface area contributed by atoms with Crippen molar-refractivity contribution < 1.29 is 18.3 Å². The van der Waals surface area contributed by atoms with Gasteiger partial charge in [-0.2, -0.15) is 0 Å². The number of carbonyl (C=O) groups excluding carboxylic acids is 1. The average molecular weight is 374 g/mol. The fourth-order valence-electron chi connectivity index (χ4n) is 2.97. The Morgan fingerprint density at radius 3 is 2.77 bits per heavy atom. The van der Waals surface area contributed by atoms with Gasteiger partial charge < -0.3 is 14.9 Å². The van der Waals surface area contributed by atoms with Gasteiger partial charge in [0.2, 0.25) is 5.95 Å². The fraction of sp³-hybridized carbons (Fsp3) is 0.167. The summed E-state index contributed by atoms with van der Waals surface area (Å²) < 4.78 is 25.1. The van der Waals surface area contributed by atoms with E-state index >= 15 is 0 Å². The lowest BCUT2D eigenvalue weighted by molar-refractivity contribution is 0.0381. The van der Waals surface area contributed by atoms with Crippen LogP contribution in [0.5, 0.6) is 0 Å². The highest BCUT2D eigenvalue weighted by Crippen LogP contribution is 2.39. The van der Waals surface area contributed by atoms with Gasteiger partial charge in [-0.3, -0.25) is 0 Å². The van der Waals surface area contributed by atoms with Crippen molar-refractivity contribution >= 4 is 23.5 Å². The van der Waals surface area contributed by atoms with Crippen molar-refractivity contribution in [1.29, 1.82) is 0 Å². The van der Waals surface area contributed by atoms with Crippen LogP contribution in [0.25, 0.3) is 11.5 Å². The Morgan fingerprint density at radius 1 is 1.27 bits per heavy atom. The van der Waals surface area contributed by atoms with Gasteiger partial charge in [0, 0.05) is 17.0 Å². The maximum Gasteiger partial charge on any atom is 0.343 e. The van der Waals surface area contributed by atoms with E-state index in [0.29, 0.717) is 17.2 Å². The van der Waals surface area contributed by atoms with Gasteiger partial charge in [0.25, 0.3) is 0 Å². The Kier molecular flexibility index (Phi) is 3.88. The zero-order chi connectivity index (χ0) is 18.4. The highest BCUT2D eigenvalue weighted by Gasteiger charge is 2.38. The maximum absolute atomic E-state index is 14.1. The largest absolute Gasteiger partial charge is 0.460 e. The topological polar surface area (TPSA) is 91.2 Å². The smallest absolute Gasteiger partial charge is 0.343 e. The third-order valence-electron chi connectivity index (χ3n) is 4.14. The first-order valence-electron chi connectivity index (χ1n) is 7.82. The molecular formula is C18H13ClFN3O3. The summed E-state index contributed by atoms with van der Waals surface area (Å²) in [6.45, 7) is 1.77. The van der Waals surface area contributed by atoms with E-state index in [0.717, 1.165) is 0 Å². The lowest BCUT2D eigenvalue weighted by atomic mass is 10.0. The molecule has 0 aliphatic carbocycles. The summed E-state index contributed by atoms with van der Waals surface area (Å²) in [6.07, 6.45) is -0.774. The Hall–Kier alpha value is -2.93. The summed E-state index contributed by atoms with van der Waals surface area (Å²) in [7, 11) is 0. The number of halogens is 2. The Morgan fingerprint density at radius 2 is 2.08 bits per heavy atom. The van der Waals surface area contributed by atoms with Crippen molar-refractivity contribution in [3.63, 3.8) is 0 Å². The van der Waals surface area contributed by atoms with E-state index in [2.05, 4.69) is 9.97 Å². The van der Waals surface area contributed by atoms with Crippen molar-refractivity contribution in [3.8, 4) is 11.5 Å². The number of aryl methyl sites for hydroxylation is 1. The minimum atomic E-state index is -0.813. The molecule has 132 valence electrons. The van der Waals surface area contributed by atoms with Crippen LogP contribution in [-0.4, -0.2) is 15.9 Å². The number of nitrogen functional groups attached to an aromatic ring is 1. The van der Waals surface area contributed by atoms with Crippen LogP contribution < -0.4 is 5.73 Å². The molecule has 6 nitrogen and oxygen atoms in total. The second-order valence-corrected chi connectivity index (χ2v) is 6.31. The normalized spacial score (nSPS) is 15.8. The van der Waals surface area contributed by atoms with Crippen LogP contribution >= 0.6 is 11.6 Å². The lowest BCUT2D eigenvalue weighted by Crippen LogP contribution is -2.08. The number of fused-ring (bicyclic) bond motifs is 1. The predicted octanol–water partition coefficient (Wildman–Crippen LogP) is 3.87. The second kappa shape index (κ2) is 6.10. The Labute approximate surface area is 152 Å². The first-order chi connectivity index (χ1) is 12.4. The monoisotopic (exact) mass is 373 g/mol. The van der Waals surface area contributed by atoms with Crippen LogP contribution in [0.4, 0.5) is 10.3 Å². The molecule has 1 unspecified atom stereocenters. The van der Waals surface area contributed by atoms with E-state index in [-0.39, 0.29) is 34.2 Å². The number of hydrogen-bond donors (Lipinski definition) is 1. The molecule has 1 aromatic carbocycles. The van der Waals surface area contributed by atoms with Crippen LogP contribution in [0, 0.1) is 12.7 Å². The third-order valence-corrected chi connectivity index (χ3v) is 4.49. The number of benzene rings is 1. The average Bonchev–Trinajstić information content (AvgIpc) is 3.14. The van der Waals surface area contributed by atoms with E-state index < -0.39 is 17.9 Å². The van der Waals surface area contributed by atoms with E-state index in [1.54, 1.807) is 25.1 Å². The quantitative estimate of drug-likeness (QED) is 0.700. The molecule has 1 atom stereocenters. The molecule has 4 rings (SSSR count). The zero-order valence-electron chi connectivity index (χ0n) is 13.6. The number of ether oxygens (including phenoxy) is 1. The maximum atomic E-state index is 14.1. The lowest BCUT2D eigenvalue weighted by Gasteiger charge is -2.12. The predicted molar refractivity (Wildman–Crippen MR) is 92.2 cm³/mol. The van der Waals surface area contributed by atoms with E-state index in [1.165, 1.54) is 12.1 Å². The number of furan rings is 1. The summed E-state index contributed by atoms with van der Waals surface area (Å²) >= 11 is 6.08. The van der Waals surface area contributed by atoms with Gasteiger partial charge in [0.05, 0.1) is 0 Å². The van der Waals surface area contributed by atoms with E-state index in [9.17, 15) is 9.18 Å². The van der Waals surface area contributed by atoms with Gasteiger partial charge in [-0.15, -0.1) is 0 Å². The van der Waals surface area contributed by atoms with Crippen LogP contribution in [0.15, 0.2) is 34.7 Å². The number of hydrogen-bond acceptors (Lipinski definition) is 6. The van der Waals surface area contributed by atoms with Gasteiger partial charge in [0.15, 0.2) is 5.76 Å². The van der Waals surface area contributed by atoms with Gasteiger partial charge in [-0.1, -0.05) is 17.7 Å². The first-order valence-corrected chi connectivity index (χ1v) is 8.20. The number of esters is 1. The number of rotatable bonds is 3.